The molecular formula is C9H13N2O4S. The van der Waals surface area contributed by atoms with E-state index in [1.54, 1.807) is 6.07 Å². The molecule has 0 amide bonds. The van der Waals surface area contributed by atoms with Crippen LogP contribution in [-0.4, -0.2) is 29.5 Å². The van der Waals surface area contributed by atoms with E-state index in [9.17, 15) is 13.5 Å². The van der Waals surface area contributed by atoms with Crippen molar-refractivity contribution in [2.45, 2.75) is 24.5 Å². The summed E-state index contributed by atoms with van der Waals surface area (Å²) in [4.78, 5) is 7.59. The van der Waals surface area contributed by atoms with Crippen LogP contribution in [0.1, 0.15) is 30.3 Å². The summed E-state index contributed by atoms with van der Waals surface area (Å²) in [6.45, 7) is -0.256. The standard InChI is InChI=1S/C9H13N2O4S/c12-7-2-1-4-8(16(13,14)15)9-10-5-3-6-11-9/h3,5-6,8H,1-2,4,7H2,(H,13,14,15). The molecule has 1 N–H and O–H groups in total. The Morgan fingerprint density at radius 3 is 2.38 bits per heavy atom. The molecule has 1 radical (unpaired) electrons. The van der Waals surface area contributed by atoms with Crippen LogP contribution in [0.3, 0.4) is 0 Å². The topological polar surface area (TPSA) is 100 Å². The van der Waals surface area contributed by atoms with Gasteiger partial charge in [-0.1, -0.05) is 0 Å². The molecule has 1 aromatic rings. The molecule has 0 aromatic carbocycles. The van der Waals surface area contributed by atoms with E-state index in [2.05, 4.69) is 9.97 Å². The van der Waals surface area contributed by atoms with Crippen LogP contribution in [0.4, 0.5) is 0 Å². The quantitative estimate of drug-likeness (QED) is 0.595. The highest BCUT2D eigenvalue weighted by molar-refractivity contribution is 7.86. The van der Waals surface area contributed by atoms with Gasteiger partial charge >= 0.3 is 0 Å². The molecule has 6 nitrogen and oxygen atoms in total. The number of nitrogens with zero attached hydrogens (tertiary/aromatic N) is 2. The van der Waals surface area contributed by atoms with E-state index >= 15 is 0 Å². The van der Waals surface area contributed by atoms with Crippen molar-refractivity contribution >= 4 is 10.1 Å². The molecule has 1 atom stereocenters. The van der Waals surface area contributed by atoms with Crippen LogP contribution < -0.4 is 0 Å². The molecule has 1 unspecified atom stereocenters. The average Bonchev–Trinajstić information content (AvgIpc) is 2.24. The lowest BCUT2D eigenvalue weighted by Crippen LogP contribution is -2.15. The highest BCUT2D eigenvalue weighted by Gasteiger charge is 2.26. The average molecular weight is 245 g/mol. The molecule has 1 aromatic heterocycles. The molecule has 0 spiro atoms. The van der Waals surface area contributed by atoms with Crippen molar-refractivity contribution in [1.82, 2.24) is 9.97 Å². The van der Waals surface area contributed by atoms with Gasteiger partial charge in [0.05, 0.1) is 6.61 Å². The first-order valence-corrected chi connectivity index (χ1v) is 6.37. The molecule has 16 heavy (non-hydrogen) atoms. The van der Waals surface area contributed by atoms with Crippen molar-refractivity contribution < 1.29 is 18.1 Å². The van der Waals surface area contributed by atoms with Crippen molar-refractivity contribution in [1.29, 1.82) is 0 Å². The van der Waals surface area contributed by atoms with Gasteiger partial charge < -0.3 is 0 Å². The van der Waals surface area contributed by atoms with Crippen LogP contribution in [-0.2, 0) is 15.2 Å². The van der Waals surface area contributed by atoms with Crippen molar-refractivity contribution in [2.24, 2.45) is 0 Å². The van der Waals surface area contributed by atoms with Gasteiger partial charge in [-0.3, -0.25) is 4.55 Å². The van der Waals surface area contributed by atoms with E-state index in [4.69, 9.17) is 4.55 Å². The van der Waals surface area contributed by atoms with Crippen molar-refractivity contribution in [3.05, 3.63) is 24.3 Å². The van der Waals surface area contributed by atoms with Crippen LogP contribution in [0.15, 0.2) is 18.5 Å². The molecule has 0 saturated heterocycles. The summed E-state index contributed by atoms with van der Waals surface area (Å²) in [6.07, 6.45) is 3.78. The van der Waals surface area contributed by atoms with Crippen molar-refractivity contribution in [3.8, 4) is 0 Å². The minimum Gasteiger partial charge on any atom is -0.285 e. The summed E-state index contributed by atoms with van der Waals surface area (Å²) in [5, 5.41) is 9.12. The lowest BCUT2D eigenvalue weighted by molar-refractivity contribution is 0.186. The van der Waals surface area contributed by atoms with Crippen LogP contribution in [0, 0.1) is 0 Å². The number of hydrogen-bond acceptors (Lipinski definition) is 4. The Morgan fingerprint density at radius 2 is 1.88 bits per heavy atom. The molecule has 0 aliphatic rings. The third-order valence-corrected chi connectivity index (χ3v) is 3.26. The third kappa shape index (κ3) is 3.84. The van der Waals surface area contributed by atoms with Crippen LogP contribution in [0.25, 0.3) is 0 Å². The summed E-state index contributed by atoms with van der Waals surface area (Å²) < 4.78 is 31.3. The fourth-order valence-corrected chi connectivity index (χ4v) is 2.17. The highest BCUT2D eigenvalue weighted by atomic mass is 32.2. The maximum Gasteiger partial charge on any atom is 0.275 e. The lowest BCUT2D eigenvalue weighted by Gasteiger charge is -2.11. The Bertz CT molecular complexity index is 407. The van der Waals surface area contributed by atoms with Gasteiger partial charge in [0, 0.05) is 12.4 Å². The molecule has 0 saturated carbocycles. The van der Waals surface area contributed by atoms with E-state index in [-0.39, 0.29) is 18.9 Å². The molecule has 0 aliphatic heterocycles. The normalized spacial score (nSPS) is 13.6. The molecule has 89 valence electrons. The first-order valence-electron chi connectivity index (χ1n) is 4.87. The third-order valence-electron chi connectivity index (χ3n) is 2.09. The fraction of sp³-hybridized carbons (Fsp3) is 0.556. The zero-order valence-electron chi connectivity index (χ0n) is 8.61. The molecular weight excluding hydrogens is 232 g/mol. The lowest BCUT2D eigenvalue weighted by atomic mass is 10.2. The fourth-order valence-electron chi connectivity index (χ4n) is 1.32. The summed E-state index contributed by atoms with van der Waals surface area (Å²) in [5.41, 5.74) is 0. The molecule has 1 heterocycles. The summed E-state index contributed by atoms with van der Waals surface area (Å²) in [6, 6.07) is 1.56. The Hall–Kier alpha value is -1.05. The highest BCUT2D eigenvalue weighted by Crippen LogP contribution is 2.23. The van der Waals surface area contributed by atoms with Crippen LogP contribution in [0.2, 0.25) is 0 Å². The van der Waals surface area contributed by atoms with E-state index in [1.807, 2.05) is 0 Å². The van der Waals surface area contributed by atoms with E-state index in [1.165, 1.54) is 12.4 Å². The van der Waals surface area contributed by atoms with Gasteiger partial charge in [-0.05, 0) is 25.3 Å². The van der Waals surface area contributed by atoms with Gasteiger partial charge in [-0.2, -0.15) is 8.42 Å². The Labute approximate surface area is 94.1 Å². The Morgan fingerprint density at radius 1 is 1.25 bits per heavy atom. The Kier molecular flexibility index (Phi) is 4.78. The SMILES string of the molecule is [O]CCCCC(c1ncccn1)S(=O)(=O)O. The molecule has 0 fully saturated rings. The van der Waals surface area contributed by atoms with E-state index in [0.29, 0.717) is 12.8 Å². The zero-order chi connectivity index (χ0) is 12.0. The monoisotopic (exact) mass is 245 g/mol. The van der Waals surface area contributed by atoms with Crippen molar-refractivity contribution in [2.75, 3.05) is 6.61 Å². The first-order chi connectivity index (χ1) is 7.55. The second kappa shape index (κ2) is 5.88. The predicted octanol–water partition coefficient (Wildman–Crippen LogP) is 1.01. The van der Waals surface area contributed by atoms with Gasteiger partial charge in [0.25, 0.3) is 10.1 Å². The van der Waals surface area contributed by atoms with Gasteiger partial charge in [0.2, 0.25) is 0 Å². The van der Waals surface area contributed by atoms with E-state index < -0.39 is 15.4 Å². The summed E-state index contributed by atoms with van der Waals surface area (Å²) in [7, 11) is -4.23. The number of aromatic nitrogens is 2. The predicted molar refractivity (Wildman–Crippen MR) is 55.7 cm³/mol. The summed E-state index contributed by atoms with van der Waals surface area (Å²) in [5.74, 6) is 0.0656. The van der Waals surface area contributed by atoms with Crippen LogP contribution in [0.5, 0.6) is 0 Å². The number of rotatable bonds is 6. The number of unbranched alkanes of at least 4 members (excludes halogenated alkanes) is 1. The second-order valence-corrected chi connectivity index (χ2v) is 4.91. The number of hydrogen-bond donors (Lipinski definition) is 1. The van der Waals surface area contributed by atoms with Gasteiger partial charge in [-0.15, -0.1) is 0 Å². The molecule has 0 aliphatic carbocycles. The van der Waals surface area contributed by atoms with Gasteiger partial charge in [-0.25, -0.2) is 15.1 Å². The smallest absolute Gasteiger partial charge is 0.275 e. The van der Waals surface area contributed by atoms with E-state index in [0.717, 1.165) is 0 Å². The van der Waals surface area contributed by atoms with Gasteiger partial charge in [0.15, 0.2) is 0 Å². The van der Waals surface area contributed by atoms with Gasteiger partial charge in [0.1, 0.15) is 11.1 Å². The molecule has 7 heteroatoms. The molecule has 0 bridgehead atoms. The second-order valence-electron chi connectivity index (χ2n) is 3.31. The minimum atomic E-state index is -4.23. The summed E-state index contributed by atoms with van der Waals surface area (Å²) >= 11 is 0. The largest absolute Gasteiger partial charge is 0.285 e. The maximum absolute atomic E-state index is 11.1. The van der Waals surface area contributed by atoms with Crippen molar-refractivity contribution in [3.63, 3.8) is 0 Å². The Balaban J connectivity index is 2.81. The van der Waals surface area contributed by atoms with Crippen LogP contribution >= 0.6 is 0 Å². The zero-order valence-corrected chi connectivity index (χ0v) is 9.43. The molecule has 1 rings (SSSR count). The maximum atomic E-state index is 11.1. The minimum absolute atomic E-state index is 0.0656. The first kappa shape index (κ1) is 13.0.